The maximum atomic E-state index is 11.2. The third kappa shape index (κ3) is 3.88. The highest BCUT2D eigenvalue weighted by molar-refractivity contribution is 7.46. The van der Waals surface area contributed by atoms with Crippen LogP contribution in [0.1, 0.15) is 6.23 Å². The first-order valence-corrected chi connectivity index (χ1v) is 9.63. The molecule has 1 aliphatic rings. The second-order valence-corrected chi connectivity index (χ2v) is 7.16. The lowest BCUT2D eigenvalue weighted by atomic mass is 10.1. The maximum absolute atomic E-state index is 11.2. The number of nitrogens with two attached hydrogens (primary N) is 1. The minimum absolute atomic E-state index is 0.0846. The fourth-order valence-corrected chi connectivity index (χ4v) is 3.42. The summed E-state index contributed by atoms with van der Waals surface area (Å²) < 4.78 is 37.8. The molecule has 0 spiro atoms. The number of phosphoric ester groups is 1. The minimum Gasteiger partial charge on any atom is -0.386 e. The summed E-state index contributed by atoms with van der Waals surface area (Å²) in [6.07, 6.45) is -3.21. The van der Waals surface area contributed by atoms with Crippen molar-refractivity contribution in [2.45, 2.75) is 24.5 Å². The largest absolute Gasteiger partial charge is 0.694 e. The predicted molar refractivity (Wildman–Crippen MR) is 82.3 cm³/mol. The van der Waals surface area contributed by atoms with Crippen molar-refractivity contribution < 1.29 is 42.7 Å². The van der Waals surface area contributed by atoms with Crippen LogP contribution in [0.3, 0.4) is 0 Å². The van der Waals surface area contributed by atoms with Crippen LogP contribution in [-0.4, -0.2) is 64.2 Å². The first kappa shape index (κ1) is 19.2. The Morgan fingerprint density at radius 2 is 2.12 bits per heavy atom. The Balaban J connectivity index is 1.93. The van der Waals surface area contributed by atoms with Crippen molar-refractivity contribution in [1.82, 2.24) is 19.5 Å². The van der Waals surface area contributed by atoms with Gasteiger partial charge in [0.05, 0.1) is 6.33 Å². The van der Waals surface area contributed by atoms with Gasteiger partial charge in [0.1, 0.15) is 36.8 Å². The Morgan fingerprint density at radius 1 is 1.38 bits per heavy atom. The molecule has 3 rings (SSSR count). The third-order valence-electron chi connectivity index (χ3n) is 3.58. The summed E-state index contributed by atoms with van der Waals surface area (Å²) in [5.74, 6) is 0.0846. The molecule has 5 atom stereocenters. The van der Waals surface area contributed by atoms with E-state index in [9.17, 15) is 14.2 Å². The lowest BCUT2D eigenvalue weighted by Crippen LogP contribution is -2.35. The highest BCUT2D eigenvalue weighted by atomic mass is 31.2. The molecule has 6 N–H and O–H groups in total. The van der Waals surface area contributed by atoms with E-state index in [1.165, 1.54) is 10.9 Å². The molecule has 26 heavy (non-hydrogen) atoms. The van der Waals surface area contributed by atoms with E-state index in [4.69, 9.17) is 25.2 Å². The van der Waals surface area contributed by atoms with E-state index in [0.29, 0.717) is 0 Å². The van der Waals surface area contributed by atoms with Crippen molar-refractivity contribution in [2.75, 3.05) is 12.3 Å². The van der Waals surface area contributed by atoms with Gasteiger partial charge < -0.3 is 25.4 Å². The monoisotopic (exact) mass is 410 g/mol. The van der Waals surface area contributed by atoms with E-state index in [1.54, 1.807) is 0 Å². The van der Waals surface area contributed by atoms with Crippen LogP contribution in [0.4, 0.5) is 5.82 Å². The Kier molecular flexibility index (Phi) is 5.30. The van der Waals surface area contributed by atoms with Crippen molar-refractivity contribution in [3.8, 4) is 0 Å². The number of anilines is 1. The Bertz CT molecular complexity index is 872. The lowest BCUT2D eigenvalue weighted by Gasteiger charge is -2.19. The molecule has 1 saturated heterocycles. The number of hydrogen-bond donors (Lipinski definition) is 5. The number of phosphoric acid groups is 1. The van der Waals surface area contributed by atoms with Crippen molar-refractivity contribution in [3.05, 3.63) is 12.7 Å². The van der Waals surface area contributed by atoms with E-state index >= 15 is 0 Å². The number of imidazole rings is 1. The van der Waals surface area contributed by atoms with Gasteiger partial charge in [-0.1, -0.05) is 0 Å². The number of aliphatic hydroxyl groups is 1. The lowest BCUT2D eigenvalue weighted by molar-refractivity contribution is -0.0475. The summed E-state index contributed by atoms with van der Waals surface area (Å²) >= 11 is 0. The highest BCUT2D eigenvalue weighted by Gasteiger charge is 2.49. The van der Waals surface area contributed by atoms with Gasteiger partial charge in [0.15, 0.2) is 17.7 Å². The van der Waals surface area contributed by atoms with Gasteiger partial charge in [0.2, 0.25) is 0 Å². The Morgan fingerprint density at radius 3 is 2.77 bits per heavy atom. The topological polar surface area (TPSA) is 212 Å². The van der Waals surface area contributed by atoms with Crippen LogP contribution >= 0.6 is 16.1 Å². The van der Waals surface area contributed by atoms with Crippen molar-refractivity contribution in [3.63, 3.8) is 0 Å². The first-order chi connectivity index (χ1) is 12.2. The molecule has 0 aromatic carbocycles. The van der Waals surface area contributed by atoms with Crippen LogP contribution < -0.4 is 5.73 Å². The highest BCUT2D eigenvalue weighted by Crippen LogP contribution is 2.44. The van der Waals surface area contributed by atoms with E-state index in [1.807, 2.05) is 0 Å². The maximum Gasteiger partial charge on any atom is 0.694 e. The average molecular weight is 410 g/mol. The number of fused-ring (bicyclic) bond motifs is 1. The Hall–Kier alpha value is -1.60. The number of hydrogen-bond acceptors (Lipinski definition) is 10. The van der Waals surface area contributed by atoms with E-state index in [-0.39, 0.29) is 17.0 Å². The van der Waals surface area contributed by atoms with E-state index in [0.717, 1.165) is 6.33 Å². The number of aliphatic hydroxyl groups excluding tert-OH is 1. The first-order valence-electron chi connectivity index (χ1n) is 6.97. The molecule has 0 radical (unpaired) electrons. The zero-order valence-corrected chi connectivity index (χ0v) is 14.6. The van der Waals surface area contributed by atoms with Gasteiger partial charge in [-0.2, -0.15) is 0 Å². The van der Waals surface area contributed by atoms with Gasteiger partial charge in [-0.05, 0) is 0 Å². The molecule has 0 bridgehead atoms. The summed E-state index contributed by atoms with van der Waals surface area (Å²) in [7, 11) is -7.99. The molecule has 2 aromatic heterocycles. The van der Waals surface area contributed by atoms with Gasteiger partial charge in [0, 0.05) is 4.57 Å². The van der Waals surface area contributed by atoms with Crippen LogP contribution in [-0.2, 0) is 22.9 Å². The zero-order valence-electron chi connectivity index (χ0n) is 12.8. The number of ether oxygens (including phenoxy) is 1. The van der Waals surface area contributed by atoms with Crippen LogP contribution in [0.2, 0.25) is 0 Å². The quantitative estimate of drug-likeness (QED) is 0.355. The minimum atomic E-state index is -5.00. The van der Waals surface area contributed by atoms with Gasteiger partial charge in [-0.25, -0.2) is 19.5 Å². The van der Waals surface area contributed by atoms with Crippen molar-refractivity contribution in [1.29, 1.82) is 0 Å². The molecule has 0 amide bonds. The standard InChI is InChI=1S/C10H13N5O9P2/c11-8-5-9(13-2-12-8)15(3-14-5)10-6(16)7(24-26(19,20)21)4(23-10)1-22-25(17)18/h2-4,6-7,10,16H,1H2,(H4-,11,12,13,17,18,19,20,21)/p+1/t4-,6-,7-,10-/m1/s1. The Labute approximate surface area is 145 Å². The zero-order chi connectivity index (χ0) is 19.1. The smallest absolute Gasteiger partial charge is 0.386 e. The third-order valence-corrected chi connectivity index (χ3v) is 4.47. The molecular weight excluding hydrogens is 396 g/mol. The summed E-state index contributed by atoms with van der Waals surface area (Å²) in [5.41, 5.74) is 6.11. The molecule has 0 saturated carbocycles. The molecule has 2 aromatic rings. The van der Waals surface area contributed by atoms with Crippen molar-refractivity contribution >= 4 is 33.1 Å². The summed E-state index contributed by atoms with van der Waals surface area (Å²) in [5, 5.41) is 10.4. The molecule has 1 fully saturated rings. The molecule has 3 heterocycles. The van der Waals surface area contributed by atoms with Gasteiger partial charge in [-0.15, -0.1) is 9.42 Å². The van der Waals surface area contributed by atoms with Gasteiger partial charge in [0.25, 0.3) is 0 Å². The molecule has 16 heteroatoms. The summed E-state index contributed by atoms with van der Waals surface area (Å²) in [6.45, 7) is -0.562. The number of aromatic nitrogens is 4. The van der Waals surface area contributed by atoms with Gasteiger partial charge in [-0.3, -0.25) is 9.09 Å². The number of nitrogen functional groups attached to an aromatic ring is 1. The fourth-order valence-electron chi connectivity index (χ4n) is 2.57. The number of nitrogens with zero attached hydrogens (tertiary/aromatic N) is 4. The van der Waals surface area contributed by atoms with Crippen LogP contribution in [0.5, 0.6) is 0 Å². The van der Waals surface area contributed by atoms with E-state index < -0.39 is 47.2 Å². The second kappa shape index (κ2) is 7.19. The molecule has 1 aliphatic heterocycles. The normalized spacial score (nSPS) is 27.2. The molecule has 14 nitrogen and oxygen atoms in total. The average Bonchev–Trinajstić information content (AvgIpc) is 3.08. The van der Waals surface area contributed by atoms with E-state index in [2.05, 4.69) is 24.0 Å². The molecule has 1 unspecified atom stereocenters. The van der Waals surface area contributed by atoms with Crippen molar-refractivity contribution in [2.24, 2.45) is 0 Å². The second-order valence-electron chi connectivity index (χ2n) is 5.23. The molecule has 0 aliphatic carbocycles. The van der Waals surface area contributed by atoms with Crippen LogP contribution in [0.25, 0.3) is 11.2 Å². The van der Waals surface area contributed by atoms with Crippen LogP contribution in [0.15, 0.2) is 12.7 Å². The SMILES string of the molecule is Nc1ncnc2c1ncn2[C@@H]1O[C@H](CO[P+](=O)O)[C@@H](OP(=O)(O)O)[C@H]1O. The molecule has 142 valence electrons. The number of rotatable bonds is 6. The van der Waals surface area contributed by atoms with Crippen LogP contribution in [0, 0.1) is 0 Å². The summed E-state index contributed by atoms with van der Waals surface area (Å²) in [6, 6.07) is 0. The predicted octanol–water partition coefficient (Wildman–Crippen LogP) is -1.19. The van der Waals surface area contributed by atoms with Gasteiger partial charge >= 0.3 is 16.1 Å². The fraction of sp³-hybridized carbons (Fsp3) is 0.500. The summed E-state index contributed by atoms with van der Waals surface area (Å²) in [4.78, 5) is 38.6. The molecular formula is C10H14N5O9P2+.